The van der Waals surface area contributed by atoms with Gasteiger partial charge in [0.25, 0.3) is 0 Å². The van der Waals surface area contributed by atoms with Gasteiger partial charge in [-0.3, -0.25) is 9.00 Å². The summed E-state index contributed by atoms with van der Waals surface area (Å²) in [6, 6.07) is 7.47. The van der Waals surface area contributed by atoms with Crippen LogP contribution in [-0.4, -0.2) is 33.9 Å². The van der Waals surface area contributed by atoms with E-state index in [1.54, 1.807) is 0 Å². The minimum absolute atomic E-state index is 0.151. The number of rotatable bonds is 7. The first-order chi connectivity index (χ1) is 9.08. The molecule has 0 radical (unpaired) electrons. The highest BCUT2D eigenvalue weighted by atomic mass is 79.9. The van der Waals surface area contributed by atoms with E-state index in [4.69, 9.17) is 0 Å². The Morgan fingerprint density at radius 3 is 2.32 bits per heavy atom. The fourth-order valence-electron chi connectivity index (χ4n) is 1.79. The molecule has 0 fully saturated rings. The van der Waals surface area contributed by atoms with Crippen molar-refractivity contribution in [3.05, 3.63) is 28.7 Å². The maximum Gasteiger partial charge on any atom is 0.222 e. The Morgan fingerprint density at radius 2 is 1.79 bits per heavy atom. The van der Waals surface area contributed by atoms with Crippen molar-refractivity contribution in [3.63, 3.8) is 0 Å². The largest absolute Gasteiger partial charge is 0.343 e. The number of amides is 1. The third-order valence-corrected chi connectivity index (χ3v) is 4.90. The van der Waals surface area contributed by atoms with Crippen LogP contribution in [0.3, 0.4) is 0 Å². The Hall–Kier alpha value is -0.680. The molecule has 1 amide bonds. The average Bonchev–Trinajstić information content (AvgIpc) is 2.40. The van der Waals surface area contributed by atoms with Crippen molar-refractivity contribution < 1.29 is 9.00 Å². The summed E-state index contributed by atoms with van der Waals surface area (Å²) in [5, 5.41) is 0. The number of halogens is 1. The van der Waals surface area contributed by atoms with Crippen LogP contribution in [-0.2, 0) is 15.6 Å². The SMILES string of the molecule is CCN(CC)C(=O)CCC[S@](=O)c1ccc(Br)cc1. The van der Waals surface area contributed by atoms with Crippen LogP contribution >= 0.6 is 15.9 Å². The zero-order valence-electron chi connectivity index (χ0n) is 11.4. The van der Waals surface area contributed by atoms with Gasteiger partial charge in [0.15, 0.2) is 0 Å². The number of hydrogen-bond acceptors (Lipinski definition) is 2. The summed E-state index contributed by atoms with van der Waals surface area (Å²) < 4.78 is 13.0. The third kappa shape index (κ3) is 5.45. The van der Waals surface area contributed by atoms with Crippen LogP contribution in [0.1, 0.15) is 26.7 Å². The molecule has 0 spiro atoms. The number of benzene rings is 1. The van der Waals surface area contributed by atoms with Crippen LogP contribution in [0.25, 0.3) is 0 Å². The predicted molar refractivity (Wildman–Crippen MR) is 82.6 cm³/mol. The smallest absolute Gasteiger partial charge is 0.222 e. The molecular formula is C14H20BrNO2S. The maximum atomic E-state index is 12.0. The van der Waals surface area contributed by atoms with Gasteiger partial charge in [-0.1, -0.05) is 15.9 Å². The fourth-order valence-corrected chi connectivity index (χ4v) is 3.14. The van der Waals surface area contributed by atoms with E-state index in [2.05, 4.69) is 15.9 Å². The lowest BCUT2D eigenvalue weighted by Crippen LogP contribution is -2.30. The highest BCUT2D eigenvalue weighted by Gasteiger charge is 2.10. The second kappa shape index (κ2) is 8.48. The summed E-state index contributed by atoms with van der Waals surface area (Å²) in [6.45, 7) is 5.43. The second-order valence-corrected chi connectivity index (χ2v) is 6.66. The molecule has 0 bridgehead atoms. The molecule has 3 nitrogen and oxygen atoms in total. The molecule has 1 atom stereocenters. The monoisotopic (exact) mass is 345 g/mol. The number of carbonyl (C=O) groups is 1. The van der Waals surface area contributed by atoms with Crippen LogP contribution in [0.15, 0.2) is 33.6 Å². The van der Waals surface area contributed by atoms with Gasteiger partial charge < -0.3 is 4.90 Å². The Morgan fingerprint density at radius 1 is 1.21 bits per heavy atom. The van der Waals surface area contributed by atoms with Gasteiger partial charge in [0.1, 0.15) is 0 Å². The van der Waals surface area contributed by atoms with Gasteiger partial charge in [-0.05, 0) is 44.5 Å². The third-order valence-electron chi connectivity index (χ3n) is 2.91. The number of nitrogens with zero attached hydrogens (tertiary/aromatic N) is 1. The van der Waals surface area contributed by atoms with E-state index in [0.29, 0.717) is 18.6 Å². The van der Waals surface area contributed by atoms with Crippen LogP contribution in [0.5, 0.6) is 0 Å². The molecule has 0 aliphatic rings. The Bertz CT molecular complexity index is 430. The van der Waals surface area contributed by atoms with Gasteiger partial charge >= 0.3 is 0 Å². The molecule has 0 N–H and O–H groups in total. The molecule has 0 saturated heterocycles. The summed E-state index contributed by atoms with van der Waals surface area (Å²) >= 11 is 3.35. The normalized spacial score (nSPS) is 12.2. The zero-order chi connectivity index (χ0) is 14.3. The van der Waals surface area contributed by atoms with Gasteiger partial charge in [-0.25, -0.2) is 0 Å². The van der Waals surface area contributed by atoms with Crippen molar-refractivity contribution in [2.75, 3.05) is 18.8 Å². The fraction of sp³-hybridized carbons (Fsp3) is 0.500. The first-order valence-corrected chi connectivity index (χ1v) is 8.61. The van der Waals surface area contributed by atoms with Crippen LogP contribution in [0, 0.1) is 0 Å². The zero-order valence-corrected chi connectivity index (χ0v) is 13.8. The topological polar surface area (TPSA) is 37.4 Å². The summed E-state index contributed by atoms with van der Waals surface area (Å²) in [6.07, 6.45) is 1.14. The van der Waals surface area contributed by atoms with Crippen molar-refractivity contribution in [1.29, 1.82) is 0 Å². The van der Waals surface area contributed by atoms with Crippen LogP contribution in [0.4, 0.5) is 0 Å². The van der Waals surface area contributed by atoms with E-state index in [9.17, 15) is 9.00 Å². The molecule has 0 heterocycles. The minimum Gasteiger partial charge on any atom is -0.343 e. The van der Waals surface area contributed by atoms with Gasteiger partial charge in [0.05, 0.1) is 10.8 Å². The molecule has 19 heavy (non-hydrogen) atoms. The predicted octanol–water partition coefficient (Wildman–Crippen LogP) is 3.21. The molecule has 0 unspecified atom stereocenters. The summed E-state index contributed by atoms with van der Waals surface area (Å²) in [5.74, 6) is 0.687. The van der Waals surface area contributed by atoms with Gasteiger partial charge in [-0.15, -0.1) is 0 Å². The van der Waals surface area contributed by atoms with Crippen LogP contribution < -0.4 is 0 Å². The van der Waals surface area contributed by atoms with Crippen molar-refractivity contribution in [3.8, 4) is 0 Å². The Labute approximate surface area is 126 Å². The molecule has 0 aliphatic heterocycles. The summed E-state index contributed by atoms with van der Waals surface area (Å²) in [7, 11) is -1.02. The molecule has 1 aromatic carbocycles. The first-order valence-electron chi connectivity index (χ1n) is 6.50. The van der Waals surface area contributed by atoms with Gasteiger partial charge in [0, 0.05) is 34.6 Å². The molecule has 106 valence electrons. The maximum absolute atomic E-state index is 12.0. The molecule has 0 saturated carbocycles. The lowest BCUT2D eigenvalue weighted by atomic mass is 10.3. The van der Waals surface area contributed by atoms with Crippen molar-refractivity contribution >= 4 is 32.6 Å². The lowest BCUT2D eigenvalue weighted by Gasteiger charge is -2.18. The Balaban J connectivity index is 2.39. The average molecular weight is 346 g/mol. The van der Waals surface area contributed by atoms with Crippen LogP contribution in [0.2, 0.25) is 0 Å². The lowest BCUT2D eigenvalue weighted by molar-refractivity contribution is -0.130. The van der Waals surface area contributed by atoms with Crippen molar-refractivity contribution in [2.24, 2.45) is 0 Å². The summed E-state index contributed by atoms with van der Waals surface area (Å²) in [4.78, 5) is 14.4. The molecule has 1 rings (SSSR count). The molecular weight excluding hydrogens is 326 g/mol. The Kier molecular flexibility index (Phi) is 7.31. The highest BCUT2D eigenvalue weighted by Crippen LogP contribution is 2.14. The van der Waals surface area contributed by atoms with E-state index in [1.807, 2.05) is 43.0 Å². The molecule has 5 heteroatoms. The van der Waals surface area contributed by atoms with Crippen molar-refractivity contribution in [1.82, 2.24) is 4.90 Å². The van der Waals surface area contributed by atoms with Gasteiger partial charge in [0.2, 0.25) is 5.91 Å². The molecule has 0 aliphatic carbocycles. The van der Waals surface area contributed by atoms with E-state index >= 15 is 0 Å². The quantitative estimate of drug-likeness (QED) is 0.760. The van der Waals surface area contributed by atoms with E-state index in [0.717, 1.165) is 22.5 Å². The van der Waals surface area contributed by atoms with Gasteiger partial charge in [-0.2, -0.15) is 0 Å². The molecule has 0 aromatic heterocycles. The first kappa shape index (κ1) is 16.4. The van der Waals surface area contributed by atoms with E-state index in [1.165, 1.54) is 0 Å². The van der Waals surface area contributed by atoms with E-state index < -0.39 is 10.8 Å². The van der Waals surface area contributed by atoms with Crippen molar-refractivity contribution in [2.45, 2.75) is 31.6 Å². The number of hydrogen-bond donors (Lipinski definition) is 0. The highest BCUT2D eigenvalue weighted by molar-refractivity contribution is 9.10. The molecule has 1 aromatic rings. The number of carbonyl (C=O) groups excluding carboxylic acids is 1. The summed E-state index contributed by atoms with van der Waals surface area (Å²) in [5.41, 5.74) is 0. The minimum atomic E-state index is -1.02. The standard InChI is InChI=1S/C14H20BrNO2S/c1-3-16(4-2)14(17)6-5-11-19(18)13-9-7-12(15)8-10-13/h7-10H,3-6,11H2,1-2H3/t19-/m0/s1. The second-order valence-electron chi connectivity index (χ2n) is 4.17. The van der Waals surface area contributed by atoms with E-state index in [-0.39, 0.29) is 5.91 Å².